The van der Waals surface area contributed by atoms with Crippen molar-refractivity contribution in [3.05, 3.63) is 66.1 Å². The number of carbonyl (C=O) groups is 1. The van der Waals surface area contributed by atoms with Crippen LogP contribution in [0.4, 0.5) is 5.95 Å². The molecule has 0 amide bonds. The largest absolute Gasteiger partial charge is 0.476 e. The lowest BCUT2D eigenvalue weighted by molar-refractivity contribution is 0.0690. The van der Waals surface area contributed by atoms with Crippen molar-refractivity contribution in [3.8, 4) is 22.7 Å². The minimum atomic E-state index is -1.15. The molecule has 3 heterocycles. The van der Waals surface area contributed by atoms with Gasteiger partial charge in [-0.25, -0.2) is 24.7 Å². The number of nitrogens with zero attached hydrogens (tertiary/aromatic N) is 6. The van der Waals surface area contributed by atoms with Crippen LogP contribution in [-0.4, -0.2) is 41.2 Å². The summed E-state index contributed by atoms with van der Waals surface area (Å²) in [6, 6.07) is 8.15. The summed E-state index contributed by atoms with van der Waals surface area (Å²) in [5.74, 6) is -0.112. The van der Waals surface area contributed by atoms with Gasteiger partial charge in [0.05, 0.1) is 17.8 Å². The average molecular weight is 415 g/mol. The predicted octanol–water partition coefficient (Wildman–Crippen LogP) is 2.73. The molecule has 0 unspecified atom stereocenters. The normalized spacial score (nSPS) is 14.7. The van der Waals surface area contributed by atoms with Crippen LogP contribution < -0.4 is 5.73 Å². The van der Waals surface area contributed by atoms with Crippen molar-refractivity contribution in [2.45, 2.75) is 24.7 Å². The highest BCUT2D eigenvalue weighted by Gasteiger charge is 2.44. The molecule has 0 saturated heterocycles. The van der Waals surface area contributed by atoms with Crippen molar-refractivity contribution in [1.29, 1.82) is 0 Å². The van der Waals surface area contributed by atoms with Gasteiger partial charge in [-0.15, -0.1) is 0 Å². The number of hydrogen-bond donors (Lipinski definition) is 2. The lowest BCUT2D eigenvalue weighted by atomic mass is 9.64. The quantitative estimate of drug-likeness (QED) is 0.497. The Morgan fingerprint density at radius 2 is 1.71 bits per heavy atom. The Morgan fingerprint density at radius 1 is 0.968 bits per heavy atom. The molecule has 0 atom stereocenters. The number of nitrogens with two attached hydrogens (primary N) is 1. The van der Waals surface area contributed by atoms with E-state index in [-0.39, 0.29) is 22.9 Å². The molecule has 3 N–H and O–H groups in total. The SMILES string of the molecule is Nc1ncc(-c2ccc(C3(c4noc(-c5cnc(C(=O)O)cn5)n4)CCC3)cc2)cn1. The molecular weight excluding hydrogens is 398 g/mol. The van der Waals surface area contributed by atoms with E-state index in [4.69, 9.17) is 15.4 Å². The van der Waals surface area contributed by atoms with Crippen molar-refractivity contribution >= 4 is 11.9 Å². The van der Waals surface area contributed by atoms with Crippen LogP contribution in [0, 0.1) is 0 Å². The molecular formula is C21H17N7O3. The first kappa shape index (κ1) is 18.8. The monoisotopic (exact) mass is 415 g/mol. The van der Waals surface area contributed by atoms with Gasteiger partial charge in [0, 0.05) is 18.0 Å². The summed E-state index contributed by atoms with van der Waals surface area (Å²) >= 11 is 0. The average Bonchev–Trinajstić information content (AvgIpc) is 3.24. The van der Waals surface area contributed by atoms with Gasteiger partial charge in [-0.3, -0.25) is 0 Å². The molecule has 4 aromatic rings. The summed E-state index contributed by atoms with van der Waals surface area (Å²) in [4.78, 5) is 31.5. The fourth-order valence-corrected chi connectivity index (χ4v) is 3.71. The highest BCUT2D eigenvalue weighted by molar-refractivity contribution is 5.84. The highest BCUT2D eigenvalue weighted by atomic mass is 16.5. The first-order valence-corrected chi connectivity index (χ1v) is 9.63. The van der Waals surface area contributed by atoms with Gasteiger partial charge in [-0.1, -0.05) is 35.8 Å². The van der Waals surface area contributed by atoms with Gasteiger partial charge in [0.25, 0.3) is 5.89 Å². The van der Waals surface area contributed by atoms with Crippen molar-refractivity contribution in [1.82, 2.24) is 30.1 Å². The highest BCUT2D eigenvalue weighted by Crippen LogP contribution is 2.48. The van der Waals surface area contributed by atoms with E-state index in [2.05, 4.69) is 42.2 Å². The number of rotatable bonds is 5. The molecule has 0 radical (unpaired) electrons. The van der Waals surface area contributed by atoms with Crippen LogP contribution in [0.25, 0.3) is 22.7 Å². The number of hydrogen-bond acceptors (Lipinski definition) is 9. The second kappa shape index (κ2) is 7.24. The van der Waals surface area contributed by atoms with Crippen LogP contribution in [-0.2, 0) is 5.41 Å². The van der Waals surface area contributed by atoms with Crippen LogP contribution in [0.3, 0.4) is 0 Å². The van der Waals surface area contributed by atoms with Crippen molar-refractivity contribution in [3.63, 3.8) is 0 Å². The molecule has 0 spiro atoms. The van der Waals surface area contributed by atoms with Crippen LogP contribution in [0.5, 0.6) is 0 Å². The molecule has 5 rings (SSSR count). The van der Waals surface area contributed by atoms with E-state index >= 15 is 0 Å². The minimum absolute atomic E-state index is 0.148. The number of aromatic nitrogens is 6. The molecule has 1 aliphatic rings. The molecule has 0 bridgehead atoms. The van der Waals surface area contributed by atoms with E-state index in [1.165, 1.54) is 12.4 Å². The Kier molecular flexibility index (Phi) is 4.39. The number of carboxylic acid groups (broad SMARTS) is 1. The van der Waals surface area contributed by atoms with Crippen LogP contribution >= 0.6 is 0 Å². The van der Waals surface area contributed by atoms with Gasteiger partial charge in [-0.05, 0) is 24.0 Å². The Labute approximate surface area is 176 Å². The zero-order valence-electron chi connectivity index (χ0n) is 16.3. The second-order valence-corrected chi connectivity index (χ2v) is 7.36. The van der Waals surface area contributed by atoms with Crippen LogP contribution in [0.1, 0.15) is 41.1 Å². The maximum atomic E-state index is 11.0. The summed E-state index contributed by atoms with van der Waals surface area (Å²) < 4.78 is 5.42. The van der Waals surface area contributed by atoms with E-state index < -0.39 is 5.97 Å². The van der Waals surface area contributed by atoms with Gasteiger partial charge >= 0.3 is 5.97 Å². The van der Waals surface area contributed by atoms with Crippen molar-refractivity contribution < 1.29 is 14.4 Å². The van der Waals surface area contributed by atoms with Crippen LogP contribution in [0.2, 0.25) is 0 Å². The third kappa shape index (κ3) is 3.27. The zero-order chi connectivity index (χ0) is 21.4. The van der Waals surface area contributed by atoms with Gasteiger partial charge < -0.3 is 15.4 Å². The van der Waals surface area contributed by atoms with Gasteiger partial charge in [-0.2, -0.15) is 4.98 Å². The van der Waals surface area contributed by atoms with E-state index in [0.29, 0.717) is 11.5 Å². The summed E-state index contributed by atoms with van der Waals surface area (Å²) in [5, 5.41) is 13.2. The third-order valence-corrected chi connectivity index (χ3v) is 5.59. The van der Waals surface area contributed by atoms with Crippen molar-refractivity contribution in [2.24, 2.45) is 0 Å². The Balaban J connectivity index is 1.43. The summed E-state index contributed by atoms with van der Waals surface area (Å²) in [6.45, 7) is 0. The summed E-state index contributed by atoms with van der Waals surface area (Å²) in [5.41, 5.74) is 8.38. The topological polar surface area (TPSA) is 154 Å². The molecule has 1 saturated carbocycles. The maximum absolute atomic E-state index is 11.0. The Bertz CT molecular complexity index is 1230. The van der Waals surface area contributed by atoms with E-state index in [1.807, 2.05) is 12.1 Å². The molecule has 1 aliphatic carbocycles. The second-order valence-electron chi connectivity index (χ2n) is 7.36. The van der Waals surface area contributed by atoms with Gasteiger partial charge in [0.15, 0.2) is 11.5 Å². The lowest BCUT2D eigenvalue weighted by Crippen LogP contribution is -2.36. The number of carboxylic acids is 1. The Morgan fingerprint density at radius 3 is 2.29 bits per heavy atom. The first-order chi connectivity index (χ1) is 15.0. The molecule has 0 aliphatic heterocycles. The zero-order valence-corrected chi connectivity index (χ0v) is 16.3. The molecule has 3 aromatic heterocycles. The predicted molar refractivity (Wildman–Crippen MR) is 109 cm³/mol. The molecule has 10 heteroatoms. The number of benzene rings is 1. The van der Waals surface area contributed by atoms with Gasteiger partial charge in [0.2, 0.25) is 5.95 Å². The first-order valence-electron chi connectivity index (χ1n) is 9.63. The smallest absolute Gasteiger partial charge is 0.356 e. The van der Waals surface area contributed by atoms with Crippen LogP contribution in [0.15, 0.2) is 53.6 Å². The standard InChI is InChI=1S/C21H17N7O3/c22-20-25-8-13(9-26-20)12-2-4-14(5-3-12)21(6-1-7-21)19-27-17(31-28-19)15-10-24-16(11-23-15)18(29)30/h2-5,8-11H,1,6-7H2,(H,29,30)(H2,22,25,26). The molecule has 1 aromatic carbocycles. The molecule has 31 heavy (non-hydrogen) atoms. The summed E-state index contributed by atoms with van der Waals surface area (Å²) in [6.07, 6.45) is 8.74. The maximum Gasteiger partial charge on any atom is 0.356 e. The van der Waals surface area contributed by atoms with Gasteiger partial charge in [0.1, 0.15) is 5.69 Å². The minimum Gasteiger partial charge on any atom is -0.476 e. The number of nitrogen functional groups attached to an aromatic ring is 1. The number of anilines is 1. The van der Waals surface area contributed by atoms with E-state index in [0.717, 1.165) is 36.0 Å². The van der Waals surface area contributed by atoms with E-state index in [1.54, 1.807) is 12.4 Å². The third-order valence-electron chi connectivity index (χ3n) is 5.59. The van der Waals surface area contributed by atoms with E-state index in [9.17, 15) is 4.79 Å². The van der Waals surface area contributed by atoms with Crippen molar-refractivity contribution in [2.75, 3.05) is 5.73 Å². The Hall–Kier alpha value is -4.21. The number of aromatic carboxylic acids is 1. The molecule has 154 valence electrons. The summed E-state index contributed by atoms with van der Waals surface area (Å²) in [7, 11) is 0. The fourth-order valence-electron chi connectivity index (χ4n) is 3.71. The molecule has 10 nitrogen and oxygen atoms in total. The fraction of sp³-hybridized carbons (Fsp3) is 0.190. The molecule has 1 fully saturated rings. The lowest BCUT2D eigenvalue weighted by Gasteiger charge is -2.39.